The monoisotopic (exact) mass is 326 g/mol. The minimum absolute atomic E-state index is 0.116. The molecule has 1 amide bonds. The summed E-state index contributed by atoms with van der Waals surface area (Å²) >= 11 is 0. The molecule has 1 aliphatic heterocycles. The van der Waals surface area contributed by atoms with Gasteiger partial charge in [-0.25, -0.2) is 0 Å². The summed E-state index contributed by atoms with van der Waals surface area (Å²) in [5.41, 5.74) is 3.66. The van der Waals surface area contributed by atoms with E-state index in [1.807, 2.05) is 17.9 Å². The molecule has 0 spiro atoms. The number of benzene rings is 1. The highest BCUT2D eigenvalue weighted by atomic mass is 16.5. The first kappa shape index (κ1) is 15.2. The molecule has 5 heteroatoms. The van der Waals surface area contributed by atoms with Gasteiger partial charge in [-0.3, -0.25) is 9.59 Å². The molecule has 1 fully saturated rings. The van der Waals surface area contributed by atoms with Gasteiger partial charge in [0.1, 0.15) is 0 Å². The predicted molar refractivity (Wildman–Crippen MR) is 90.7 cm³/mol. The van der Waals surface area contributed by atoms with E-state index in [0.29, 0.717) is 13.0 Å². The zero-order chi connectivity index (χ0) is 16.8. The minimum atomic E-state index is -0.248. The molecule has 1 unspecified atom stereocenters. The number of H-pyrrole nitrogens is 1. The fraction of sp³-hybridized carbons (Fsp3) is 0.474. The molecular formula is C19H22N2O3. The number of aromatic nitrogens is 1. The van der Waals surface area contributed by atoms with Crippen LogP contribution in [0, 0.1) is 5.92 Å². The first-order valence-electron chi connectivity index (χ1n) is 8.60. The lowest BCUT2D eigenvalue weighted by Crippen LogP contribution is -2.53. The van der Waals surface area contributed by atoms with Crippen LogP contribution in [0.1, 0.15) is 36.8 Å². The average Bonchev–Trinajstić information content (AvgIpc) is 3.04. The summed E-state index contributed by atoms with van der Waals surface area (Å²) in [6.07, 6.45) is 4.11. The van der Waals surface area contributed by atoms with Gasteiger partial charge in [0.2, 0.25) is 5.91 Å². The summed E-state index contributed by atoms with van der Waals surface area (Å²) in [6, 6.07) is 6.41. The Morgan fingerprint density at radius 1 is 1.38 bits per heavy atom. The minimum Gasteiger partial charge on any atom is -0.469 e. The molecule has 2 aliphatic rings. The smallest absolute Gasteiger partial charge is 0.310 e. The zero-order valence-corrected chi connectivity index (χ0v) is 14.0. The SMILES string of the molecule is CCC(=O)N1CC(C(=O)OC)C[C@@H]2c3cccc4[nH]cc(c34)C[C@H]21. The number of likely N-dealkylation sites (tertiary alicyclic amines) is 1. The molecule has 126 valence electrons. The van der Waals surface area contributed by atoms with Crippen molar-refractivity contribution in [3.05, 3.63) is 35.5 Å². The van der Waals surface area contributed by atoms with Gasteiger partial charge in [0, 0.05) is 42.0 Å². The van der Waals surface area contributed by atoms with Crippen molar-refractivity contribution >= 4 is 22.8 Å². The molecule has 2 heterocycles. The molecule has 2 aromatic rings. The molecule has 1 N–H and O–H groups in total. The number of aromatic amines is 1. The molecule has 4 rings (SSSR count). The highest BCUT2D eigenvalue weighted by Crippen LogP contribution is 2.45. The molecule has 1 aliphatic carbocycles. The summed E-state index contributed by atoms with van der Waals surface area (Å²) < 4.78 is 4.98. The van der Waals surface area contributed by atoms with Crippen molar-refractivity contribution in [2.75, 3.05) is 13.7 Å². The molecule has 0 radical (unpaired) electrons. The van der Waals surface area contributed by atoms with Crippen molar-refractivity contribution in [3.63, 3.8) is 0 Å². The maximum absolute atomic E-state index is 12.5. The highest BCUT2D eigenvalue weighted by Gasteiger charge is 2.44. The van der Waals surface area contributed by atoms with Gasteiger partial charge in [0.15, 0.2) is 0 Å². The number of carbonyl (C=O) groups is 2. The van der Waals surface area contributed by atoms with E-state index in [2.05, 4.69) is 23.3 Å². The van der Waals surface area contributed by atoms with E-state index in [-0.39, 0.29) is 29.8 Å². The van der Waals surface area contributed by atoms with Crippen LogP contribution in [0.25, 0.3) is 10.9 Å². The van der Waals surface area contributed by atoms with Crippen LogP contribution in [0.15, 0.2) is 24.4 Å². The van der Waals surface area contributed by atoms with Crippen LogP contribution in [-0.2, 0) is 20.7 Å². The van der Waals surface area contributed by atoms with Gasteiger partial charge < -0.3 is 14.6 Å². The number of nitrogens with one attached hydrogen (secondary N) is 1. The number of rotatable bonds is 2. The molecule has 5 nitrogen and oxygen atoms in total. The highest BCUT2D eigenvalue weighted by molar-refractivity contribution is 5.89. The van der Waals surface area contributed by atoms with E-state index >= 15 is 0 Å². The number of fused-ring (bicyclic) bond motifs is 2. The average molecular weight is 326 g/mol. The Kier molecular flexibility index (Phi) is 3.59. The van der Waals surface area contributed by atoms with Crippen molar-refractivity contribution in [1.82, 2.24) is 9.88 Å². The Bertz CT molecular complexity index is 810. The Morgan fingerprint density at radius 2 is 2.21 bits per heavy atom. The van der Waals surface area contributed by atoms with Gasteiger partial charge in [0.25, 0.3) is 0 Å². The normalized spacial score (nSPS) is 25.4. The van der Waals surface area contributed by atoms with Crippen molar-refractivity contribution in [3.8, 4) is 0 Å². The van der Waals surface area contributed by atoms with E-state index in [4.69, 9.17) is 4.74 Å². The van der Waals surface area contributed by atoms with E-state index in [9.17, 15) is 9.59 Å². The topological polar surface area (TPSA) is 62.4 Å². The van der Waals surface area contributed by atoms with Crippen LogP contribution < -0.4 is 0 Å². The molecule has 1 saturated heterocycles. The van der Waals surface area contributed by atoms with Gasteiger partial charge in [-0.05, 0) is 30.0 Å². The van der Waals surface area contributed by atoms with Gasteiger partial charge in [0.05, 0.1) is 13.0 Å². The zero-order valence-electron chi connectivity index (χ0n) is 14.0. The van der Waals surface area contributed by atoms with Crippen LogP contribution in [0.4, 0.5) is 0 Å². The Hall–Kier alpha value is -2.30. The van der Waals surface area contributed by atoms with Crippen LogP contribution in [0.5, 0.6) is 0 Å². The summed E-state index contributed by atoms with van der Waals surface area (Å²) in [5, 5.41) is 1.27. The van der Waals surface area contributed by atoms with Crippen molar-refractivity contribution in [2.45, 2.75) is 38.1 Å². The number of piperidine rings is 1. The van der Waals surface area contributed by atoms with Crippen LogP contribution in [-0.4, -0.2) is 41.5 Å². The third-order valence-corrected chi connectivity index (χ3v) is 5.63. The largest absolute Gasteiger partial charge is 0.469 e. The van der Waals surface area contributed by atoms with Gasteiger partial charge in [-0.2, -0.15) is 0 Å². The number of amides is 1. The summed E-state index contributed by atoms with van der Waals surface area (Å²) in [7, 11) is 1.42. The van der Waals surface area contributed by atoms with Crippen LogP contribution >= 0.6 is 0 Å². The molecule has 1 aromatic heterocycles. The maximum atomic E-state index is 12.5. The fourth-order valence-corrected chi connectivity index (χ4v) is 4.52. The number of nitrogens with zero attached hydrogens (tertiary/aromatic N) is 1. The second-order valence-corrected chi connectivity index (χ2v) is 6.82. The summed E-state index contributed by atoms with van der Waals surface area (Å²) in [4.78, 5) is 30.0. The third-order valence-electron chi connectivity index (χ3n) is 5.63. The maximum Gasteiger partial charge on any atom is 0.310 e. The molecule has 3 atom stereocenters. The summed E-state index contributed by atoms with van der Waals surface area (Å²) in [5.74, 6) is -0.160. The quantitative estimate of drug-likeness (QED) is 0.863. The number of hydrogen-bond acceptors (Lipinski definition) is 3. The van der Waals surface area contributed by atoms with E-state index < -0.39 is 0 Å². The van der Waals surface area contributed by atoms with Crippen molar-refractivity contribution < 1.29 is 14.3 Å². The lowest BCUT2D eigenvalue weighted by atomic mass is 9.72. The number of carbonyl (C=O) groups excluding carboxylic acids is 2. The number of methoxy groups -OCH3 is 1. The number of ether oxygens (including phenoxy) is 1. The van der Waals surface area contributed by atoms with Gasteiger partial charge in [-0.15, -0.1) is 0 Å². The van der Waals surface area contributed by atoms with Crippen molar-refractivity contribution in [1.29, 1.82) is 0 Å². The molecule has 0 bridgehead atoms. The van der Waals surface area contributed by atoms with Crippen LogP contribution in [0.2, 0.25) is 0 Å². The Labute approximate surface area is 141 Å². The lowest BCUT2D eigenvalue weighted by Gasteiger charge is -2.46. The first-order valence-corrected chi connectivity index (χ1v) is 8.60. The van der Waals surface area contributed by atoms with Crippen molar-refractivity contribution in [2.24, 2.45) is 5.92 Å². The molecular weight excluding hydrogens is 304 g/mol. The predicted octanol–water partition coefficient (Wildman–Crippen LogP) is 2.61. The van der Waals surface area contributed by atoms with Gasteiger partial charge in [-0.1, -0.05) is 19.1 Å². The standard InChI is InChI=1S/C19H22N2O3/c1-3-17(22)21-10-12(19(23)24-2)7-14-13-5-4-6-15-18(13)11(9-20-15)8-16(14)21/h4-6,9,12,14,16,20H,3,7-8,10H2,1-2H3/t12?,14-,16-/m1/s1. The first-order chi connectivity index (χ1) is 11.6. The Balaban J connectivity index is 1.81. The third kappa shape index (κ3) is 2.14. The number of hydrogen-bond donors (Lipinski definition) is 1. The number of esters is 1. The van der Waals surface area contributed by atoms with E-state index in [1.165, 1.54) is 23.6 Å². The summed E-state index contributed by atoms with van der Waals surface area (Å²) in [6.45, 7) is 2.35. The Morgan fingerprint density at radius 3 is 2.96 bits per heavy atom. The second-order valence-electron chi connectivity index (χ2n) is 6.82. The second kappa shape index (κ2) is 5.65. The molecule has 1 aromatic carbocycles. The fourth-order valence-electron chi connectivity index (χ4n) is 4.52. The molecule has 0 saturated carbocycles. The van der Waals surface area contributed by atoms with Gasteiger partial charge >= 0.3 is 5.97 Å². The lowest BCUT2D eigenvalue weighted by molar-refractivity contribution is -0.151. The van der Waals surface area contributed by atoms with Crippen LogP contribution in [0.3, 0.4) is 0 Å². The van der Waals surface area contributed by atoms with E-state index in [1.54, 1.807) is 0 Å². The van der Waals surface area contributed by atoms with E-state index in [0.717, 1.165) is 18.4 Å². The molecule has 24 heavy (non-hydrogen) atoms.